The molecule has 0 aromatic carbocycles. The van der Waals surface area contributed by atoms with Crippen LogP contribution in [-0.4, -0.2) is 26.5 Å². The average Bonchev–Trinajstić information content (AvgIpc) is 2.14. The molecule has 1 N–H and O–H groups in total. The smallest absolute Gasteiger partial charge is 0.209 e. The molecule has 0 spiro atoms. The highest BCUT2D eigenvalue weighted by Gasteiger charge is 2.29. The summed E-state index contributed by atoms with van der Waals surface area (Å²) >= 11 is 0. The van der Waals surface area contributed by atoms with Crippen molar-refractivity contribution >= 4 is 15.8 Å². The minimum Gasteiger partial charge on any atom is -0.298 e. The van der Waals surface area contributed by atoms with Crippen LogP contribution < -0.4 is 4.72 Å². The summed E-state index contributed by atoms with van der Waals surface area (Å²) in [5, 5.41) is 0. The Morgan fingerprint density at radius 1 is 1.27 bits per heavy atom. The molecule has 1 atom stereocenters. The van der Waals surface area contributed by atoms with Crippen molar-refractivity contribution in [3.63, 3.8) is 0 Å². The van der Waals surface area contributed by atoms with E-state index in [9.17, 15) is 13.2 Å². The van der Waals surface area contributed by atoms with Crippen LogP contribution in [0.4, 0.5) is 0 Å². The number of ketones is 1. The van der Waals surface area contributed by atoms with Gasteiger partial charge in [0.2, 0.25) is 10.0 Å². The van der Waals surface area contributed by atoms with Gasteiger partial charge in [-0.05, 0) is 25.7 Å². The SMILES string of the molecule is CC(=O)C(NS(C)(=O)=O)C1CCCCC1. The number of sulfonamides is 1. The van der Waals surface area contributed by atoms with E-state index in [1.165, 1.54) is 13.3 Å². The van der Waals surface area contributed by atoms with Gasteiger partial charge in [-0.2, -0.15) is 0 Å². The van der Waals surface area contributed by atoms with Crippen molar-refractivity contribution in [2.24, 2.45) is 5.92 Å². The number of hydrogen-bond acceptors (Lipinski definition) is 3. The molecule has 0 aromatic heterocycles. The van der Waals surface area contributed by atoms with Gasteiger partial charge in [-0.15, -0.1) is 0 Å². The van der Waals surface area contributed by atoms with E-state index in [1.807, 2.05) is 0 Å². The van der Waals surface area contributed by atoms with E-state index in [4.69, 9.17) is 0 Å². The van der Waals surface area contributed by atoms with E-state index in [0.29, 0.717) is 0 Å². The summed E-state index contributed by atoms with van der Waals surface area (Å²) in [6.45, 7) is 1.46. The van der Waals surface area contributed by atoms with Gasteiger partial charge in [-0.3, -0.25) is 4.79 Å². The Morgan fingerprint density at radius 3 is 2.20 bits per heavy atom. The minimum absolute atomic E-state index is 0.0766. The first kappa shape index (κ1) is 12.6. The highest BCUT2D eigenvalue weighted by Crippen LogP contribution is 2.27. The summed E-state index contributed by atoms with van der Waals surface area (Å²) in [6.07, 6.45) is 6.39. The summed E-state index contributed by atoms with van der Waals surface area (Å²) < 4.78 is 24.7. The molecule has 0 radical (unpaired) electrons. The van der Waals surface area contributed by atoms with Crippen LogP contribution in [0.5, 0.6) is 0 Å². The lowest BCUT2D eigenvalue weighted by molar-refractivity contribution is -0.120. The van der Waals surface area contributed by atoms with Crippen LogP contribution in [0.2, 0.25) is 0 Å². The number of carbonyl (C=O) groups is 1. The van der Waals surface area contributed by atoms with E-state index >= 15 is 0 Å². The number of nitrogens with one attached hydrogen (secondary N) is 1. The molecule has 4 nitrogen and oxygen atoms in total. The highest BCUT2D eigenvalue weighted by atomic mass is 32.2. The number of Topliss-reactive ketones (excluding diaryl/α,β-unsaturated/α-hetero) is 1. The lowest BCUT2D eigenvalue weighted by Gasteiger charge is -2.28. The Labute approximate surface area is 91.5 Å². The third kappa shape index (κ3) is 4.30. The summed E-state index contributed by atoms with van der Waals surface area (Å²) in [7, 11) is -3.29. The van der Waals surface area contributed by atoms with Crippen molar-refractivity contribution in [2.45, 2.75) is 45.1 Å². The van der Waals surface area contributed by atoms with Crippen LogP contribution in [0.1, 0.15) is 39.0 Å². The normalized spacial score (nSPS) is 21.2. The predicted octanol–water partition coefficient (Wildman–Crippen LogP) is 1.07. The molecule has 1 fully saturated rings. The molecule has 1 saturated carbocycles. The number of hydrogen-bond donors (Lipinski definition) is 1. The Hall–Kier alpha value is -0.420. The van der Waals surface area contributed by atoms with E-state index < -0.39 is 16.1 Å². The van der Waals surface area contributed by atoms with Gasteiger partial charge in [0.15, 0.2) is 0 Å². The monoisotopic (exact) mass is 233 g/mol. The number of rotatable bonds is 4. The van der Waals surface area contributed by atoms with Gasteiger partial charge in [0.25, 0.3) is 0 Å². The molecule has 0 heterocycles. The maximum atomic E-state index is 11.4. The van der Waals surface area contributed by atoms with Crippen LogP contribution in [0, 0.1) is 5.92 Å². The molecular weight excluding hydrogens is 214 g/mol. The standard InChI is InChI=1S/C10H19NO3S/c1-8(12)10(11-15(2,13)14)9-6-4-3-5-7-9/h9-11H,3-7H2,1-2H3. The largest absolute Gasteiger partial charge is 0.298 e. The summed E-state index contributed by atoms with van der Waals surface area (Å²) in [6, 6.07) is -0.514. The van der Waals surface area contributed by atoms with Gasteiger partial charge < -0.3 is 0 Å². The molecular formula is C10H19NO3S. The Kier molecular flexibility index (Phi) is 4.28. The van der Waals surface area contributed by atoms with Crippen molar-refractivity contribution in [3.05, 3.63) is 0 Å². The second-order valence-electron chi connectivity index (χ2n) is 4.38. The van der Waals surface area contributed by atoms with Crippen molar-refractivity contribution in [1.82, 2.24) is 4.72 Å². The first-order valence-corrected chi connectivity index (χ1v) is 7.27. The van der Waals surface area contributed by atoms with Crippen molar-refractivity contribution < 1.29 is 13.2 Å². The molecule has 15 heavy (non-hydrogen) atoms. The topological polar surface area (TPSA) is 63.2 Å². The van der Waals surface area contributed by atoms with E-state index in [2.05, 4.69) is 4.72 Å². The first-order valence-electron chi connectivity index (χ1n) is 5.38. The molecule has 1 rings (SSSR count). The lowest BCUT2D eigenvalue weighted by atomic mass is 9.83. The van der Waals surface area contributed by atoms with Gasteiger partial charge in [-0.1, -0.05) is 19.3 Å². The molecule has 0 saturated heterocycles. The van der Waals surface area contributed by atoms with Gasteiger partial charge in [-0.25, -0.2) is 13.1 Å². The van der Waals surface area contributed by atoms with Crippen LogP contribution in [-0.2, 0) is 14.8 Å². The first-order chi connectivity index (χ1) is 6.90. The fourth-order valence-corrected chi connectivity index (χ4v) is 3.03. The number of carbonyl (C=O) groups excluding carboxylic acids is 1. The van der Waals surface area contributed by atoms with Crippen LogP contribution in [0.15, 0.2) is 0 Å². The summed E-state index contributed by atoms with van der Waals surface area (Å²) in [5.74, 6) is 0.110. The van der Waals surface area contributed by atoms with Gasteiger partial charge in [0, 0.05) is 0 Å². The Morgan fingerprint density at radius 2 is 1.80 bits per heavy atom. The van der Waals surface area contributed by atoms with Crippen molar-refractivity contribution in [2.75, 3.05) is 6.26 Å². The van der Waals surface area contributed by atoms with Gasteiger partial charge in [0.05, 0.1) is 12.3 Å². The molecule has 1 unspecified atom stereocenters. The maximum Gasteiger partial charge on any atom is 0.209 e. The zero-order valence-corrected chi connectivity index (χ0v) is 10.1. The lowest BCUT2D eigenvalue weighted by Crippen LogP contribution is -2.45. The molecule has 0 aliphatic heterocycles. The van der Waals surface area contributed by atoms with Gasteiger partial charge >= 0.3 is 0 Å². The Bertz CT molecular complexity index is 318. The van der Waals surface area contributed by atoms with Crippen molar-refractivity contribution in [1.29, 1.82) is 0 Å². The third-order valence-corrected chi connectivity index (χ3v) is 3.58. The molecule has 0 amide bonds. The van der Waals surface area contributed by atoms with Crippen molar-refractivity contribution in [3.8, 4) is 0 Å². The summed E-state index contributed by atoms with van der Waals surface area (Å²) in [5.41, 5.74) is 0. The molecule has 1 aliphatic carbocycles. The third-order valence-electron chi connectivity index (χ3n) is 2.90. The maximum absolute atomic E-state index is 11.4. The highest BCUT2D eigenvalue weighted by molar-refractivity contribution is 7.88. The van der Waals surface area contributed by atoms with E-state index in [-0.39, 0.29) is 11.7 Å². The molecule has 0 aromatic rings. The zero-order valence-electron chi connectivity index (χ0n) is 9.32. The predicted molar refractivity (Wildman–Crippen MR) is 59.0 cm³/mol. The van der Waals surface area contributed by atoms with Crippen LogP contribution in [0.3, 0.4) is 0 Å². The summed E-state index contributed by atoms with van der Waals surface area (Å²) in [4.78, 5) is 11.4. The second kappa shape index (κ2) is 5.07. The van der Waals surface area contributed by atoms with Gasteiger partial charge in [0.1, 0.15) is 5.78 Å². The Balaban J connectivity index is 2.68. The second-order valence-corrected chi connectivity index (χ2v) is 6.16. The van der Waals surface area contributed by atoms with E-state index in [1.54, 1.807) is 0 Å². The van der Waals surface area contributed by atoms with Crippen LogP contribution in [0.25, 0.3) is 0 Å². The zero-order chi connectivity index (χ0) is 11.5. The molecule has 5 heteroatoms. The molecule has 0 bridgehead atoms. The fraction of sp³-hybridized carbons (Fsp3) is 0.900. The minimum atomic E-state index is -3.29. The quantitative estimate of drug-likeness (QED) is 0.790. The molecule has 1 aliphatic rings. The average molecular weight is 233 g/mol. The van der Waals surface area contributed by atoms with E-state index in [0.717, 1.165) is 31.9 Å². The molecule has 88 valence electrons. The fourth-order valence-electron chi connectivity index (χ4n) is 2.21. The van der Waals surface area contributed by atoms with Crippen LogP contribution >= 0.6 is 0 Å².